The Bertz CT molecular complexity index is 1590. The number of pyridine rings is 1. The van der Waals surface area contributed by atoms with Crippen LogP contribution in [0, 0.1) is 17.0 Å². The fourth-order valence-corrected chi connectivity index (χ4v) is 3.79. The van der Waals surface area contributed by atoms with Gasteiger partial charge in [-0.15, -0.1) is 0 Å². The Hall–Kier alpha value is -5.13. The molecule has 5 aromatic rings. The lowest BCUT2D eigenvalue weighted by atomic mass is 10.2. The lowest BCUT2D eigenvalue weighted by molar-refractivity contribution is -0.384. The minimum atomic E-state index is -0.564. The number of aromatic nitrogens is 6. The number of aryl methyl sites for hydroxylation is 1. The van der Waals surface area contributed by atoms with E-state index in [0.717, 1.165) is 23.5 Å². The molecule has 0 saturated heterocycles. The number of ether oxygens (including phenoxy) is 1. The third-order valence-electron chi connectivity index (χ3n) is 5.50. The Morgan fingerprint density at radius 3 is 2.72 bits per heavy atom. The van der Waals surface area contributed by atoms with Crippen LogP contribution in [0.3, 0.4) is 0 Å². The number of hydrogen-bond donors (Lipinski definition) is 1. The maximum absolute atomic E-state index is 13.0. The number of hydrogen-bond acceptors (Lipinski definition) is 8. The molecule has 0 aliphatic carbocycles. The van der Waals surface area contributed by atoms with Gasteiger partial charge in [-0.1, -0.05) is 0 Å². The standard InChI is InChI=1S/C24H20N8O4/c1-3-30-15(2)20(14-27-30)22-6-8-26-23-12-21(29-31(22)23)24(33)28-16-9-17(32(34)35)11-19(10-16)36-18-5-4-7-25-13-18/h4-14H,3H2,1-2H3,(H,28,33). The monoisotopic (exact) mass is 484 g/mol. The van der Waals surface area contributed by atoms with Gasteiger partial charge >= 0.3 is 0 Å². The number of anilines is 1. The van der Waals surface area contributed by atoms with Crippen LogP contribution in [-0.4, -0.2) is 40.2 Å². The molecule has 4 heterocycles. The molecule has 0 radical (unpaired) electrons. The molecule has 5 rings (SSSR count). The van der Waals surface area contributed by atoms with E-state index in [1.165, 1.54) is 24.4 Å². The van der Waals surface area contributed by atoms with E-state index in [4.69, 9.17) is 4.74 Å². The maximum atomic E-state index is 13.0. The minimum absolute atomic E-state index is 0.0942. The summed E-state index contributed by atoms with van der Waals surface area (Å²) < 4.78 is 9.12. The number of benzene rings is 1. The van der Waals surface area contributed by atoms with Crippen molar-refractivity contribution < 1.29 is 14.5 Å². The van der Waals surface area contributed by atoms with Gasteiger partial charge in [-0.2, -0.15) is 10.2 Å². The molecule has 0 aliphatic rings. The largest absolute Gasteiger partial charge is 0.455 e. The van der Waals surface area contributed by atoms with E-state index in [2.05, 4.69) is 25.5 Å². The molecule has 12 nitrogen and oxygen atoms in total. The van der Waals surface area contributed by atoms with E-state index in [0.29, 0.717) is 11.4 Å². The molecule has 180 valence electrons. The van der Waals surface area contributed by atoms with E-state index in [1.54, 1.807) is 47.4 Å². The highest BCUT2D eigenvalue weighted by Crippen LogP contribution is 2.30. The van der Waals surface area contributed by atoms with Gasteiger partial charge in [0.05, 0.1) is 34.8 Å². The van der Waals surface area contributed by atoms with Crippen LogP contribution in [0.25, 0.3) is 16.9 Å². The first-order chi connectivity index (χ1) is 17.4. The molecule has 0 aliphatic heterocycles. The van der Waals surface area contributed by atoms with Crippen LogP contribution in [-0.2, 0) is 6.54 Å². The maximum Gasteiger partial charge on any atom is 0.276 e. The third-order valence-corrected chi connectivity index (χ3v) is 5.50. The van der Waals surface area contributed by atoms with Crippen molar-refractivity contribution in [1.82, 2.24) is 29.4 Å². The molecule has 1 amide bonds. The summed E-state index contributed by atoms with van der Waals surface area (Å²) in [6, 6.07) is 10.7. The smallest absolute Gasteiger partial charge is 0.276 e. The molecule has 0 atom stereocenters. The normalized spacial score (nSPS) is 10.9. The molecule has 4 aromatic heterocycles. The SMILES string of the molecule is CCn1ncc(-c2ccnc3cc(C(=O)Nc4cc(Oc5cccnc5)cc([N+](=O)[O-])c4)nn23)c1C. The molecule has 0 bridgehead atoms. The van der Waals surface area contributed by atoms with E-state index in [9.17, 15) is 14.9 Å². The minimum Gasteiger partial charge on any atom is -0.455 e. The molecule has 12 heteroatoms. The van der Waals surface area contributed by atoms with Gasteiger partial charge in [0, 0.05) is 48.4 Å². The Balaban J connectivity index is 1.46. The van der Waals surface area contributed by atoms with Crippen LogP contribution in [0.2, 0.25) is 0 Å². The molecule has 0 spiro atoms. The highest BCUT2D eigenvalue weighted by Gasteiger charge is 2.19. The number of carbonyl (C=O) groups is 1. The van der Waals surface area contributed by atoms with E-state index < -0.39 is 10.8 Å². The van der Waals surface area contributed by atoms with Gasteiger partial charge in [0.2, 0.25) is 0 Å². The second-order valence-corrected chi connectivity index (χ2v) is 7.81. The predicted octanol–water partition coefficient (Wildman–Crippen LogP) is 4.27. The summed E-state index contributed by atoms with van der Waals surface area (Å²) in [6.07, 6.45) is 6.45. The Labute approximate surface area is 204 Å². The first kappa shape index (κ1) is 22.7. The van der Waals surface area contributed by atoms with Crippen LogP contribution in [0.1, 0.15) is 23.1 Å². The van der Waals surface area contributed by atoms with Crippen LogP contribution in [0.5, 0.6) is 11.5 Å². The quantitative estimate of drug-likeness (QED) is 0.267. The zero-order chi connectivity index (χ0) is 25.2. The van der Waals surface area contributed by atoms with Crippen LogP contribution >= 0.6 is 0 Å². The van der Waals surface area contributed by atoms with Gasteiger partial charge in [0.25, 0.3) is 11.6 Å². The van der Waals surface area contributed by atoms with Crippen molar-refractivity contribution in [2.75, 3.05) is 5.32 Å². The average Bonchev–Trinajstić information content (AvgIpc) is 3.48. The van der Waals surface area contributed by atoms with Gasteiger partial charge in [0.1, 0.15) is 11.5 Å². The van der Waals surface area contributed by atoms with Gasteiger partial charge in [-0.05, 0) is 32.0 Å². The summed E-state index contributed by atoms with van der Waals surface area (Å²) in [4.78, 5) is 32.2. The number of nitro benzene ring substituents is 1. The molecule has 0 unspecified atom stereocenters. The number of fused-ring (bicyclic) bond motifs is 1. The second kappa shape index (κ2) is 9.25. The summed E-state index contributed by atoms with van der Waals surface area (Å²) in [6.45, 7) is 4.69. The van der Waals surface area contributed by atoms with Crippen LogP contribution < -0.4 is 10.1 Å². The van der Waals surface area contributed by atoms with Crippen LogP contribution in [0.15, 0.2) is 67.3 Å². The van der Waals surface area contributed by atoms with Gasteiger partial charge in [0.15, 0.2) is 11.3 Å². The Morgan fingerprint density at radius 1 is 1.14 bits per heavy atom. The van der Waals surface area contributed by atoms with Crippen molar-refractivity contribution in [2.24, 2.45) is 0 Å². The van der Waals surface area contributed by atoms with E-state index >= 15 is 0 Å². The number of nitrogens with zero attached hydrogens (tertiary/aromatic N) is 7. The van der Waals surface area contributed by atoms with Gasteiger partial charge < -0.3 is 10.1 Å². The summed E-state index contributed by atoms with van der Waals surface area (Å²) in [5, 5.41) is 22.9. The molecular weight excluding hydrogens is 464 g/mol. The number of amides is 1. The lowest BCUT2D eigenvalue weighted by Crippen LogP contribution is -2.13. The van der Waals surface area contributed by atoms with Crippen molar-refractivity contribution in [3.63, 3.8) is 0 Å². The number of rotatable bonds is 7. The summed E-state index contributed by atoms with van der Waals surface area (Å²) in [5.41, 5.74) is 3.07. The predicted molar refractivity (Wildman–Crippen MR) is 130 cm³/mol. The number of nitrogens with one attached hydrogen (secondary N) is 1. The molecule has 1 aromatic carbocycles. The fraction of sp³-hybridized carbons (Fsp3) is 0.125. The van der Waals surface area contributed by atoms with Crippen LogP contribution in [0.4, 0.5) is 11.4 Å². The van der Waals surface area contributed by atoms with Crippen molar-refractivity contribution in [2.45, 2.75) is 20.4 Å². The molecule has 1 N–H and O–H groups in total. The highest BCUT2D eigenvalue weighted by molar-refractivity contribution is 6.03. The highest BCUT2D eigenvalue weighted by atomic mass is 16.6. The first-order valence-electron chi connectivity index (χ1n) is 11.0. The lowest BCUT2D eigenvalue weighted by Gasteiger charge is -2.08. The molecule has 36 heavy (non-hydrogen) atoms. The number of non-ortho nitro benzene ring substituents is 1. The summed E-state index contributed by atoms with van der Waals surface area (Å²) >= 11 is 0. The molecular formula is C24H20N8O4. The fourth-order valence-electron chi connectivity index (χ4n) is 3.79. The summed E-state index contributed by atoms with van der Waals surface area (Å²) in [5.74, 6) is 0.0195. The topological polar surface area (TPSA) is 142 Å². The molecule has 0 saturated carbocycles. The average molecular weight is 484 g/mol. The van der Waals surface area contributed by atoms with Gasteiger partial charge in [-0.3, -0.25) is 24.6 Å². The number of carbonyl (C=O) groups excluding carboxylic acids is 1. The van der Waals surface area contributed by atoms with Crippen molar-refractivity contribution in [1.29, 1.82) is 0 Å². The Morgan fingerprint density at radius 2 is 2.00 bits per heavy atom. The zero-order valence-corrected chi connectivity index (χ0v) is 19.3. The Kier molecular flexibility index (Phi) is 5.82. The van der Waals surface area contributed by atoms with Gasteiger partial charge in [-0.25, -0.2) is 9.50 Å². The van der Waals surface area contributed by atoms with Crippen molar-refractivity contribution >= 4 is 22.9 Å². The van der Waals surface area contributed by atoms with E-state index in [-0.39, 0.29) is 22.8 Å². The molecule has 0 fully saturated rings. The summed E-state index contributed by atoms with van der Waals surface area (Å²) in [7, 11) is 0. The first-order valence-corrected chi connectivity index (χ1v) is 11.0. The zero-order valence-electron chi connectivity index (χ0n) is 19.3. The van der Waals surface area contributed by atoms with Crippen molar-refractivity contribution in [3.05, 3.63) is 88.8 Å². The third kappa shape index (κ3) is 4.34. The van der Waals surface area contributed by atoms with E-state index in [1.807, 2.05) is 18.5 Å². The second-order valence-electron chi connectivity index (χ2n) is 7.81. The number of nitro groups is 1. The van der Waals surface area contributed by atoms with Crippen molar-refractivity contribution in [3.8, 4) is 22.8 Å².